The number of anilines is 1. The third kappa shape index (κ3) is 5.75. The third-order valence-electron chi connectivity index (χ3n) is 4.27. The SMILES string of the molecule is Cn1c(N)nc2c(ncn2[C@@H]2O[C@H](COP(=O)(O)OP(=O)(O)OP(=O)(O)O)[C@H](O)[C@@H]2O)c1=O. The van der Waals surface area contributed by atoms with Gasteiger partial charge in [0.2, 0.25) is 5.95 Å². The molecule has 2 aromatic heterocycles. The zero-order valence-corrected chi connectivity index (χ0v) is 18.9. The summed E-state index contributed by atoms with van der Waals surface area (Å²) in [5.74, 6) is -0.188. The fourth-order valence-corrected chi connectivity index (χ4v) is 5.85. The Balaban J connectivity index is 1.75. The second-order valence-corrected chi connectivity index (χ2v) is 11.0. The van der Waals surface area contributed by atoms with E-state index in [1.807, 2.05) is 0 Å². The molecule has 0 spiro atoms. The summed E-state index contributed by atoms with van der Waals surface area (Å²) < 4.78 is 52.8. The van der Waals surface area contributed by atoms with Gasteiger partial charge in [-0.3, -0.25) is 18.5 Å². The highest BCUT2D eigenvalue weighted by molar-refractivity contribution is 7.66. The van der Waals surface area contributed by atoms with Crippen molar-refractivity contribution in [3.05, 3.63) is 16.7 Å². The van der Waals surface area contributed by atoms with Gasteiger partial charge in [-0.25, -0.2) is 18.7 Å². The van der Waals surface area contributed by atoms with Crippen LogP contribution in [0.2, 0.25) is 0 Å². The summed E-state index contributed by atoms with van der Waals surface area (Å²) in [5, 5.41) is 20.5. The van der Waals surface area contributed by atoms with Crippen molar-refractivity contribution in [2.45, 2.75) is 24.5 Å². The summed E-state index contributed by atoms with van der Waals surface area (Å²) in [7, 11) is -15.4. The Morgan fingerprint density at radius 1 is 1.12 bits per heavy atom. The van der Waals surface area contributed by atoms with Crippen molar-refractivity contribution in [1.82, 2.24) is 19.1 Å². The summed E-state index contributed by atoms with van der Waals surface area (Å²) in [6, 6.07) is 0. The smallest absolute Gasteiger partial charge is 0.387 e. The number of phosphoric acid groups is 3. The zero-order chi connectivity index (χ0) is 24.9. The van der Waals surface area contributed by atoms with Gasteiger partial charge in [-0.05, 0) is 0 Å². The van der Waals surface area contributed by atoms with Crippen LogP contribution < -0.4 is 11.3 Å². The number of ether oxygens (including phenoxy) is 1. The first-order valence-electron chi connectivity index (χ1n) is 8.50. The van der Waals surface area contributed by atoms with Crippen LogP contribution in [0.4, 0.5) is 5.95 Å². The number of aliphatic hydroxyl groups excluding tert-OH is 2. The molecule has 186 valence electrons. The summed E-state index contributed by atoms with van der Waals surface area (Å²) in [5.41, 5.74) is 4.82. The number of aliphatic hydroxyl groups is 2. The van der Waals surface area contributed by atoms with Gasteiger partial charge in [0.1, 0.15) is 18.3 Å². The summed E-state index contributed by atoms with van der Waals surface area (Å²) in [6.45, 7) is -1.01. The molecule has 6 atom stereocenters. The molecule has 0 aromatic carbocycles. The van der Waals surface area contributed by atoms with Crippen LogP contribution >= 0.6 is 23.5 Å². The first-order valence-corrected chi connectivity index (χ1v) is 13.0. The Kier molecular flexibility index (Phi) is 7.03. The van der Waals surface area contributed by atoms with Crippen molar-refractivity contribution >= 4 is 40.6 Å². The Bertz CT molecular complexity index is 1260. The van der Waals surface area contributed by atoms with E-state index in [-0.39, 0.29) is 17.1 Å². The highest BCUT2D eigenvalue weighted by Gasteiger charge is 2.47. The molecule has 0 bridgehead atoms. The van der Waals surface area contributed by atoms with Crippen molar-refractivity contribution < 1.29 is 61.4 Å². The van der Waals surface area contributed by atoms with Crippen LogP contribution in [0.3, 0.4) is 0 Å². The first-order chi connectivity index (χ1) is 15.0. The van der Waals surface area contributed by atoms with Crippen LogP contribution in [0.5, 0.6) is 0 Å². The van der Waals surface area contributed by atoms with Gasteiger partial charge in [0.05, 0.1) is 12.9 Å². The number of hydrogen-bond donors (Lipinski definition) is 7. The lowest BCUT2D eigenvalue weighted by atomic mass is 10.1. The maximum Gasteiger partial charge on any atom is 0.490 e. The maximum absolute atomic E-state index is 12.2. The predicted molar refractivity (Wildman–Crippen MR) is 103 cm³/mol. The van der Waals surface area contributed by atoms with Gasteiger partial charge in [0.25, 0.3) is 5.56 Å². The topological polar surface area (TPSA) is 288 Å². The molecule has 33 heavy (non-hydrogen) atoms. The summed E-state index contributed by atoms with van der Waals surface area (Å²) >= 11 is 0. The molecule has 2 aromatic rings. The molecule has 8 N–H and O–H groups in total. The van der Waals surface area contributed by atoms with Gasteiger partial charge in [-0.15, -0.1) is 0 Å². The molecular weight excluding hydrogens is 519 g/mol. The maximum atomic E-state index is 12.2. The van der Waals surface area contributed by atoms with E-state index in [1.165, 1.54) is 7.05 Å². The molecule has 3 heterocycles. The van der Waals surface area contributed by atoms with E-state index in [9.17, 15) is 33.6 Å². The van der Waals surface area contributed by atoms with Crippen LogP contribution in [0.1, 0.15) is 6.23 Å². The van der Waals surface area contributed by atoms with E-state index in [0.29, 0.717) is 0 Å². The van der Waals surface area contributed by atoms with E-state index < -0.39 is 60.2 Å². The van der Waals surface area contributed by atoms with Crippen LogP contribution in [-0.4, -0.2) is 73.8 Å². The summed E-state index contributed by atoms with van der Waals surface area (Å²) in [6.07, 6.45) is -5.31. The molecule has 0 amide bonds. The van der Waals surface area contributed by atoms with Crippen molar-refractivity contribution in [2.75, 3.05) is 12.3 Å². The number of hydrogen-bond acceptors (Lipinski definition) is 13. The summed E-state index contributed by atoms with van der Waals surface area (Å²) in [4.78, 5) is 55.7. The largest absolute Gasteiger partial charge is 0.490 e. The molecule has 0 aliphatic carbocycles. The van der Waals surface area contributed by atoms with Gasteiger partial charge in [0.15, 0.2) is 17.4 Å². The van der Waals surface area contributed by atoms with Crippen LogP contribution in [0, 0.1) is 0 Å². The van der Waals surface area contributed by atoms with Gasteiger partial charge in [-0.2, -0.15) is 13.6 Å². The van der Waals surface area contributed by atoms with Gasteiger partial charge in [-0.1, -0.05) is 0 Å². The number of phosphoric ester groups is 1. The van der Waals surface area contributed by atoms with E-state index in [0.717, 1.165) is 15.5 Å². The van der Waals surface area contributed by atoms with E-state index >= 15 is 0 Å². The van der Waals surface area contributed by atoms with Gasteiger partial charge >= 0.3 is 23.5 Å². The molecule has 2 unspecified atom stereocenters. The molecule has 0 radical (unpaired) electrons. The average Bonchev–Trinajstić information content (AvgIpc) is 3.17. The zero-order valence-electron chi connectivity index (χ0n) is 16.3. The van der Waals surface area contributed by atoms with Crippen molar-refractivity contribution in [2.24, 2.45) is 7.05 Å². The van der Waals surface area contributed by atoms with Crippen LogP contribution in [0.25, 0.3) is 11.2 Å². The molecule has 1 aliphatic heterocycles. The van der Waals surface area contributed by atoms with Crippen LogP contribution in [0.15, 0.2) is 11.1 Å². The molecule has 1 saturated heterocycles. The highest BCUT2D eigenvalue weighted by Crippen LogP contribution is 2.66. The van der Waals surface area contributed by atoms with Gasteiger partial charge in [0, 0.05) is 7.05 Å². The predicted octanol–water partition coefficient (Wildman–Crippen LogP) is -2.33. The molecule has 19 nitrogen and oxygen atoms in total. The normalized spacial score (nSPS) is 27.5. The molecular formula is C11H18N5O14P3. The quantitative estimate of drug-likeness (QED) is 0.174. The molecule has 1 aliphatic rings. The monoisotopic (exact) mass is 537 g/mol. The molecule has 3 rings (SSSR count). The minimum atomic E-state index is -5.73. The number of aromatic nitrogens is 4. The van der Waals surface area contributed by atoms with E-state index in [4.69, 9.17) is 25.2 Å². The number of imidazole rings is 1. The van der Waals surface area contributed by atoms with Crippen molar-refractivity contribution in [1.29, 1.82) is 0 Å². The Hall–Kier alpha value is -1.56. The standard InChI is InChI=1S/C11H18N5O14P3/c1-15-9(19)5-8(14-11(15)12)16(3-13-5)10-7(18)6(17)4(28-10)2-27-32(23,24)30-33(25,26)29-31(20,21)22/h3-4,6-7,10,17-18H,2H2,1H3,(H2,12,14)(H,23,24)(H,25,26)(H2,20,21,22)/t4-,6+,7+,10-/m1/s1. The fraction of sp³-hybridized carbons (Fsp3) is 0.545. The second kappa shape index (κ2) is 8.90. The van der Waals surface area contributed by atoms with Crippen LogP contribution in [-0.2, 0) is 38.6 Å². The highest BCUT2D eigenvalue weighted by atomic mass is 31.3. The molecule has 22 heteroatoms. The Labute approximate surface area is 182 Å². The first kappa shape index (κ1) is 26.1. The lowest BCUT2D eigenvalue weighted by Crippen LogP contribution is -2.33. The van der Waals surface area contributed by atoms with E-state index in [1.54, 1.807) is 0 Å². The average molecular weight is 537 g/mol. The Morgan fingerprint density at radius 3 is 2.36 bits per heavy atom. The molecule has 0 saturated carbocycles. The minimum absolute atomic E-state index is 0.0969. The number of nitrogen functional groups attached to an aromatic ring is 1. The van der Waals surface area contributed by atoms with Gasteiger partial charge < -0.3 is 40.3 Å². The third-order valence-corrected chi connectivity index (χ3v) is 8.07. The number of nitrogens with zero attached hydrogens (tertiary/aromatic N) is 4. The number of rotatable bonds is 8. The number of nitrogens with two attached hydrogens (primary N) is 1. The van der Waals surface area contributed by atoms with Crippen molar-refractivity contribution in [3.8, 4) is 0 Å². The second-order valence-electron chi connectivity index (χ2n) is 6.59. The van der Waals surface area contributed by atoms with E-state index in [2.05, 4.69) is 23.1 Å². The lowest BCUT2D eigenvalue weighted by molar-refractivity contribution is -0.0503. The molecule has 1 fully saturated rings. The fourth-order valence-electron chi connectivity index (χ4n) is 2.82. The lowest BCUT2D eigenvalue weighted by Gasteiger charge is -2.19. The van der Waals surface area contributed by atoms with Crippen molar-refractivity contribution in [3.63, 3.8) is 0 Å². The minimum Gasteiger partial charge on any atom is -0.387 e. The Morgan fingerprint density at radius 2 is 1.76 bits per heavy atom. The number of fused-ring (bicyclic) bond motifs is 1.